The lowest BCUT2D eigenvalue weighted by atomic mass is 9.94. The molecule has 0 aromatic carbocycles. The highest BCUT2D eigenvalue weighted by Crippen LogP contribution is 2.30. The molecule has 2 atom stereocenters. The Bertz CT molecular complexity index is 388. The molecule has 1 aromatic rings. The summed E-state index contributed by atoms with van der Waals surface area (Å²) in [6.07, 6.45) is 8.49. The van der Waals surface area contributed by atoms with Crippen molar-refractivity contribution < 1.29 is 4.74 Å². The zero-order valence-electron chi connectivity index (χ0n) is 11.0. The molecule has 2 unspecified atom stereocenters. The van der Waals surface area contributed by atoms with E-state index in [1.165, 1.54) is 25.7 Å². The minimum absolute atomic E-state index is 0.491. The van der Waals surface area contributed by atoms with E-state index in [1.54, 1.807) is 12.4 Å². The third-order valence-electron chi connectivity index (χ3n) is 3.40. The first-order valence-corrected chi connectivity index (χ1v) is 7.45. The van der Waals surface area contributed by atoms with Gasteiger partial charge in [-0.3, -0.25) is 4.98 Å². The van der Waals surface area contributed by atoms with Gasteiger partial charge in [0.2, 0.25) is 5.88 Å². The lowest BCUT2D eigenvalue weighted by molar-refractivity contribution is 0.325. The van der Waals surface area contributed by atoms with E-state index in [-0.39, 0.29) is 0 Å². The van der Waals surface area contributed by atoms with E-state index in [0.29, 0.717) is 23.4 Å². The summed E-state index contributed by atoms with van der Waals surface area (Å²) in [5.41, 5.74) is 0. The number of rotatable bonds is 4. The molecule has 0 bridgehead atoms. The summed E-state index contributed by atoms with van der Waals surface area (Å²) < 4.78 is 5.40. The number of nitrogens with zero attached hydrogens (tertiary/aromatic N) is 3. The van der Waals surface area contributed by atoms with Crippen molar-refractivity contribution in [3.05, 3.63) is 12.4 Å². The highest BCUT2D eigenvalue weighted by atomic mass is 79.9. The van der Waals surface area contributed by atoms with E-state index in [0.717, 1.165) is 5.82 Å². The SMILES string of the molecule is CCOc1cncc(N(C)C2CCCCC2Br)n1. The average Bonchev–Trinajstić information content (AvgIpc) is 2.39. The molecule has 100 valence electrons. The van der Waals surface area contributed by atoms with Crippen LogP contribution in [0.15, 0.2) is 12.4 Å². The summed E-state index contributed by atoms with van der Waals surface area (Å²) in [6, 6.07) is 0.491. The molecular weight excluding hydrogens is 294 g/mol. The maximum Gasteiger partial charge on any atom is 0.234 e. The zero-order valence-corrected chi connectivity index (χ0v) is 12.6. The van der Waals surface area contributed by atoms with Gasteiger partial charge in [0.15, 0.2) is 5.82 Å². The molecule has 0 amide bonds. The Balaban J connectivity index is 2.11. The Kier molecular flexibility index (Phi) is 4.80. The van der Waals surface area contributed by atoms with Gasteiger partial charge in [-0.2, -0.15) is 4.98 Å². The Morgan fingerprint density at radius 2 is 2.17 bits per heavy atom. The topological polar surface area (TPSA) is 38.2 Å². The normalized spacial score (nSPS) is 23.7. The van der Waals surface area contributed by atoms with Gasteiger partial charge in [0.1, 0.15) is 0 Å². The lowest BCUT2D eigenvalue weighted by Crippen LogP contribution is -2.41. The fourth-order valence-corrected chi connectivity index (χ4v) is 3.34. The van der Waals surface area contributed by atoms with Crippen LogP contribution in [0.25, 0.3) is 0 Å². The lowest BCUT2D eigenvalue weighted by Gasteiger charge is -2.35. The summed E-state index contributed by atoms with van der Waals surface area (Å²) in [7, 11) is 2.09. The number of hydrogen-bond acceptors (Lipinski definition) is 4. The fraction of sp³-hybridized carbons (Fsp3) is 0.692. The number of ether oxygens (including phenoxy) is 1. The first-order valence-electron chi connectivity index (χ1n) is 6.54. The van der Waals surface area contributed by atoms with Crippen molar-refractivity contribution in [3.63, 3.8) is 0 Å². The minimum atomic E-state index is 0.491. The van der Waals surface area contributed by atoms with Crippen LogP contribution in [0.5, 0.6) is 5.88 Å². The summed E-state index contributed by atoms with van der Waals surface area (Å²) in [4.78, 5) is 11.4. The highest BCUT2D eigenvalue weighted by Gasteiger charge is 2.27. The van der Waals surface area contributed by atoms with Crippen molar-refractivity contribution in [2.75, 3.05) is 18.6 Å². The quantitative estimate of drug-likeness (QED) is 0.801. The molecule has 1 aliphatic rings. The second-order valence-electron chi connectivity index (χ2n) is 4.63. The summed E-state index contributed by atoms with van der Waals surface area (Å²) >= 11 is 3.78. The molecule has 1 saturated carbocycles. The second kappa shape index (κ2) is 6.36. The predicted molar refractivity (Wildman–Crippen MR) is 76.6 cm³/mol. The van der Waals surface area contributed by atoms with Gasteiger partial charge >= 0.3 is 0 Å². The van der Waals surface area contributed by atoms with E-state index in [4.69, 9.17) is 4.74 Å². The molecule has 1 heterocycles. The standard InChI is InChI=1S/C13H20BrN3O/c1-3-18-13-9-15-8-12(16-13)17(2)11-7-5-4-6-10(11)14/h8-11H,3-7H2,1-2H3. The van der Waals surface area contributed by atoms with Gasteiger partial charge in [-0.05, 0) is 19.8 Å². The molecule has 0 aliphatic heterocycles. The monoisotopic (exact) mass is 313 g/mol. The van der Waals surface area contributed by atoms with Crippen LogP contribution in [-0.2, 0) is 0 Å². The molecule has 1 aromatic heterocycles. The van der Waals surface area contributed by atoms with E-state index in [2.05, 4.69) is 37.8 Å². The summed E-state index contributed by atoms with van der Waals surface area (Å²) in [5.74, 6) is 1.49. The predicted octanol–water partition coefficient (Wildman–Crippen LogP) is 3.02. The number of aromatic nitrogens is 2. The van der Waals surface area contributed by atoms with Crippen LogP contribution < -0.4 is 9.64 Å². The largest absolute Gasteiger partial charge is 0.477 e. The molecule has 2 rings (SSSR count). The number of hydrogen-bond donors (Lipinski definition) is 0. The Labute approximate surface area is 117 Å². The van der Waals surface area contributed by atoms with Crippen LogP contribution in [0, 0.1) is 0 Å². The Morgan fingerprint density at radius 3 is 2.89 bits per heavy atom. The van der Waals surface area contributed by atoms with Crippen LogP contribution >= 0.6 is 15.9 Å². The van der Waals surface area contributed by atoms with Gasteiger partial charge in [-0.15, -0.1) is 0 Å². The van der Waals surface area contributed by atoms with Gasteiger partial charge in [0.25, 0.3) is 0 Å². The third kappa shape index (κ3) is 3.13. The third-order valence-corrected chi connectivity index (χ3v) is 4.47. The summed E-state index contributed by atoms with van der Waals surface area (Å²) in [5, 5.41) is 0. The molecule has 0 spiro atoms. The van der Waals surface area contributed by atoms with Crippen molar-refractivity contribution in [1.29, 1.82) is 0 Å². The average molecular weight is 314 g/mol. The molecule has 0 N–H and O–H groups in total. The fourth-order valence-electron chi connectivity index (χ4n) is 2.40. The van der Waals surface area contributed by atoms with Gasteiger partial charge in [-0.25, -0.2) is 0 Å². The number of alkyl halides is 1. The number of anilines is 1. The van der Waals surface area contributed by atoms with Crippen molar-refractivity contribution in [3.8, 4) is 5.88 Å². The van der Waals surface area contributed by atoms with E-state index in [9.17, 15) is 0 Å². The first kappa shape index (κ1) is 13.6. The van der Waals surface area contributed by atoms with Gasteiger partial charge in [-0.1, -0.05) is 28.8 Å². The minimum Gasteiger partial charge on any atom is -0.477 e. The second-order valence-corrected chi connectivity index (χ2v) is 5.80. The van der Waals surface area contributed by atoms with Crippen LogP contribution in [0.4, 0.5) is 5.82 Å². The van der Waals surface area contributed by atoms with Crippen LogP contribution in [0.1, 0.15) is 32.6 Å². The first-order chi connectivity index (χ1) is 8.72. The van der Waals surface area contributed by atoms with Crippen molar-refractivity contribution in [2.45, 2.75) is 43.5 Å². The molecule has 0 saturated heterocycles. The zero-order chi connectivity index (χ0) is 13.0. The molecule has 0 radical (unpaired) electrons. The molecule has 1 aliphatic carbocycles. The Morgan fingerprint density at radius 1 is 1.39 bits per heavy atom. The van der Waals surface area contributed by atoms with Crippen LogP contribution in [0.3, 0.4) is 0 Å². The molecule has 4 nitrogen and oxygen atoms in total. The van der Waals surface area contributed by atoms with Crippen molar-refractivity contribution >= 4 is 21.7 Å². The van der Waals surface area contributed by atoms with Gasteiger partial charge in [0, 0.05) is 17.9 Å². The van der Waals surface area contributed by atoms with Crippen molar-refractivity contribution in [1.82, 2.24) is 9.97 Å². The maximum absolute atomic E-state index is 5.40. The molecule has 1 fully saturated rings. The summed E-state index contributed by atoms with van der Waals surface area (Å²) in [6.45, 7) is 2.57. The molecule has 18 heavy (non-hydrogen) atoms. The van der Waals surface area contributed by atoms with Gasteiger partial charge < -0.3 is 9.64 Å². The van der Waals surface area contributed by atoms with Crippen LogP contribution in [0.2, 0.25) is 0 Å². The van der Waals surface area contributed by atoms with Crippen LogP contribution in [-0.4, -0.2) is 34.5 Å². The smallest absolute Gasteiger partial charge is 0.234 e. The van der Waals surface area contributed by atoms with Crippen molar-refractivity contribution in [2.24, 2.45) is 0 Å². The Hall–Kier alpha value is -0.840. The van der Waals surface area contributed by atoms with E-state index < -0.39 is 0 Å². The van der Waals surface area contributed by atoms with Gasteiger partial charge in [0.05, 0.1) is 19.0 Å². The number of halogens is 1. The maximum atomic E-state index is 5.40. The van der Waals surface area contributed by atoms with E-state index >= 15 is 0 Å². The highest BCUT2D eigenvalue weighted by molar-refractivity contribution is 9.09. The molecular formula is C13H20BrN3O. The van der Waals surface area contributed by atoms with E-state index in [1.807, 2.05) is 6.92 Å². The molecule has 5 heteroatoms.